The summed E-state index contributed by atoms with van der Waals surface area (Å²) < 4.78 is 0. The number of nitrogens with zero attached hydrogens (tertiary/aromatic N) is 2. The van der Waals surface area contributed by atoms with Gasteiger partial charge in [-0.1, -0.05) is 43.5 Å². The number of hydrogen-bond acceptors (Lipinski definition) is 3. The molecule has 4 rings (SSSR count). The summed E-state index contributed by atoms with van der Waals surface area (Å²) in [6, 6.07) is 12.1. The minimum atomic E-state index is -0.703. The second-order valence-electron chi connectivity index (χ2n) is 8.99. The highest BCUT2D eigenvalue weighted by Crippen LogP contribution is 2.38. The van der Waals surface area contributed by atoms with Crippen molar-refractivity contribution < 1.29 is 9.59 Å². The smallest absolute Gasteiger partial charge is 0.225 e. The molecule has 2 heterocycles. The number of aromatic nitrogens is 1. The van der Waals surface area contributed by atoms with E-state index in [0.29, 0.717) is 38.3 Å². The zero-order valence-corrected chi connectivity index (χ0v) is 17.6. The number of amides is 2. The fraction of sp³-hybridized carbons (Fsp3) is 0.480. The summed E-state index contributed by atoms with van der Waals surface area (Å²) in [5, 5.41) is 0. The lowest BCUT2D eigenvalue weighted by Gasteiger charge is -2.28. The molecule has 1 saturated heterocycles. The van der Waals surface area contributed by atoms with Gasteiger partial charge >= 0.3 is 0 Å². The molecule has 1 aliphatic carbocycles. The third-order valence-electron chi connectivity index (χ3n) is 6.95. The summed E-state index contributed by atoms with van der Waals surface area (Å²) >= 11 is 0. The number of carbonyl (C=O) groups is 2. The predicted octanol–water partition coefficient (Wildman–Crippen LogP) is 3.97. The molecule has 0 spiro atoms. The van der Waals surface area contributed by atoms with Crippen LogP contribution in [-0.4, -0.2) is 34.8 Å². The van der Waals surface area contributed by atoms with Gasteiger partial charge < -0.3 is 10.6 Å². The maximum atomic E-state index is 12.9. The van der Waals surface area contributed by atoms with Crippen LogP contribution in [0.25, 0.3) is 11.1 Å². The Morgan fingerprint density at radius 1 is 1.07 bits per heavy atom. The van der Waals surface area contributed by atoms with Gasteiger partial charge in [-0.15, -0.1) is 0 Å². The number of pyridine rings is 1. The number of primary amides is 1. The van der Waals surface area contributed by atoms with E-state index in [9.17, 15) is 9.59 Å². The van der Waals surface area contributed by atoms with Crippen LogP contribution in [0.3, 0.4) is 0 Å². The highest BCUT2D eigenvalue weighted by molar-refractivity contribution is 5.85. The summed E-state index contributed by atoms with van der Waals surface area (Å²) in [6.07, 6.45) is 11.4. The van der Waals surface area contributed by atoms with E-state index in [4.69, 9.17) is 5.73 Å². The lowest BCUT2D eigenvalue weighted by molar-refractivity contribution is -0.133. The predicted molar refractivity (Wildman–Crippen MR) is 117 cm³/mol. The normalized spacial score (nSPS) is 22.2. The molecule has 2 aliphatic rings. The topological polar surface area (TPSA) is 76.3 Å². The van der Waals surface area contributed by atoms with Crippen LogP contribution in [0.15, 0.2) is 48.8 Å². The van der Waals surface area contributed by atoms with Crippen LogP contribution < -0.4 is 5.73 Å². The zero-order chi connectivity index (χ0) is 21.0. The van der Waals surface area contributed by atoms with Gasteiger partial charge in [0, 0.05) is 31.9 Å². The number of carbonyl (C=O) groups excluding carboxylic acids is 2. The van der Waals surface area contributed by atoms with Crippen molar-refractivity contribution in [2.75, 3.05) is 13.1 Å². The van der Waals surface area contributed by atoms with Gasteiger partial charge in [-0.25, -0.2) is 0 Å². The van der Waals surface area contributed by atoms with E-state index < -0.39 is 5.41 Å². The molecule has 0 radical (unpaired) electrons. The molecular formula is C25H31N3O2. The van der Waals surface area contributed by atoms with Gasteiger partial charge in [-0.05, 0) is 60.4 Å². The first kappa shape index (κ1) is 20.6. The van der Waals surface area contributed by atoms with Gasteiger partial charge in [-0.3, -0.25) is 14.6 Å². The average molecular weight is 406 g/mol. The zero-order valence-electron chi connectivity index (χ0n) is 17.6. The Hall–Kier alpha value is -2.69. The molecule has 0 unspecified atom stereocenters. The van der Waals surface area contributed by atoms with Crippen LogP contribution >= 0.6 is 0 Å². The lowest BCUT2D eigenvalue weighted by Crippen LogP contribution is -2.42. The van der Waals surface area contributed by atoms with Crippen molar-refractivity contribution in [1.29, 1.82) is 0 Å². The van der Waals surface area contributed by atoms with Crippen molar-refractivity contribution in [2.24, 2.45) is 17.1 Å². The molecule has 1 aromatic heterocycles. The van der Waals surface area contributed by atoms with Crippen LogP contribution in [0, 0.1) is 11.3 Å². The third-order valence-corrected chi connectivity index (χ3v) is 6.95. The summed E-state index contributed by atoms with van der Waals surface area (Å²) in [6.45, 7) is 1.05. The first-order valence-electron chi connectivity index (χ1n) is 11.1. The van der Waals surface area contributed by atoms with E-state index >= 15 is 0 Å². The summed E-state index contributed by atoms with van der Waals surface area (Å²) in [4.78, 5) is 31.5. The molecule has 2 N–H and O–H groups in total. The van der Waals surface area contributed by atoms with E-state index in [1.807, 2.05) is 29.2 Å². The third kappa shape index (κ3) is 4.40. The van der Waals surface area contributed by atoms with Crippen LogP contribution in [-0.2, 0) is 16.0 Å². The van der Waals surface area contributed by atoms with Crippen molar-refractivity contribution in [1.82, 2.24) is 9.88 Å². The Labute approximate surface area is 178 Å². The fourth-order valence-corrected chi connectivity index (χ4v) is 5.14. The Morgan fingerprint density at radius 2 is 1.80 bits per heavy atom. The Balaban J connectivity index is 1.51. The maximum Gasteiger partial charge on any atom is 0.225 e. The standard InChI is InChI=1S/C25H31N3O2/c26-24(30)25(12-15-28(18-25)23(29)16-19-6-2-1-3-7-19)17-21-8-4-5-9-22(21)20-10-13-27-14-11-20/h4-5,8-11,13-14,19H,1-3,6-7,12,15-18H2,(H2,26,30)/t25-/m1/s1. The first-order chi connectivity index (χ1) is 14.6. The molecular weight excluding hydrogens is 374 g/mol. The monoisotopic (exact) mass is 405 g/mol. The van der Waals surface area contributed by atoms with Gasteiger partial charge in [0.15, 0.2) is 0 Å². The van der Waals surface area contributed by atoms with Crippen molar-refractivity contribution in [3.8, 4) is 11.1 Å². The molecule has 158 valence electrons. The molecule has 2 aromatic rings. The number of nitrogens with two attached hydrogens (primary N) is 1. The van der Waals surface area contributed by atoms with E-state index in [-0.39, 0.29) is 11.8 Å². The van der Waals surface area contributed by atoms with Crippen LogP contribution in [0.1, 0.15) is 50.5 Å². The van der Waals surface area contributed by atoms with Crippen LogP contribution in [0.4, 0.5) is 0 Å². The van der Waals surface area contributed by atoms with Crippen LogP contribution in [0.2, 0.25) is 0 Å². The molecule has 5 nitrogen and oxygen atoms in total. The van der Waals surface area contributed by atoms with Crippen molar-refractivity contribution in [3.63, 3.8) is 0 Å². The van der Waals surface area contributed by atoms with E-state index in [1.54, 1.807) is 12.4 Å². The van der Waals surface area contributed by atoms with Gasteiger partial charge in [0.25, 0.3) is 0 Å². The minimum Gasteiger partial charge on any atom is -0.369 e. The first-order valence-corrected chi connectivity index (χ1v) is 11.1. The number of likely N-dealkylation sites (tertiary alicyclic amines) is 1. The Bertz CT molecular complexity index is 892. The molecule has 1 saturated carbocycles. The quantitative estimate of drug-likeness (QED) is 0.790. The highest BCUT2D eigenvalue weighted by Gasteiger charge is 2.45. The molecule has 5 heteroatoms. The van der Waals surface area contributed by atoms with Crippen molar-refractivity contribution in [2.45, 2.75) is 51.4 Å². The number of hydrogen-bond donors (Lipinski definition) is 1. The minimum absolute atomic E-state index is 0.187. The van der Waals surface area contributed by atoms with E-state index in [1.165, 1.54) is 19.3 Å². The molecule has 2 amide bonds. The van der Waals surface area contributed by atoms with Crippen molar-refractivity contribution >= 4 is 11.8 Å². The molecule has 2 fully saturated rings. The Morgan fingerprint density at radius 3 is 2.53 bits per heavy atom. The van der Waals surface area contributed by atoms with Crippen molar-refractivity contribution in [3.05, 3.63) is 54.4 Å². The van der Waals surface area contributed by atoms with E-state index in [0.717, 1.165) is 29.5 Å². The number of rotatable bonds is 6. The lowest BCUT2D eigenvalue weighted by atomic mass is 9.78. The maximum absolute atomic E-state index is 12.9. The summed E-state index contributed by atoms with van der Waals surface area (Å²) in [5.74, 6) is 0.384. The average Bonchev–Trinajstić information content (AvgIpc) is 3.21. The SMILES string of the molecule is NC(=O)[C@@]1(Cc2ccccc2-c2ccncc2)CCN(C(=O)CC2CCCCC2)C1. The van der Waals surface area contributed by atoms with Gasteiger partial charge in [0.1, 0.15) is 0 Å². The molecule has 1 aromatic carbocycles. The molecule has 1 atom stereocenters. The fourth-order valence-electron chi connectivity index (χ4n) is 5.14. The summed E-state index contributed by atoms with van der Waals surface area (Å²) in [7, 11) is 0. The molecule has 30 heavy (non-hydrogen) atoms. The van der Waals surface area contributed by atoms with E-state index in [2.05, 4.69) is 17.1 Å². The number of benzene rings is 1. The summed E-state index contributed by atoms with van der Waals surface area (Å²) in [5.41, 5.74) is 8.48. The second-order valence-corrected chi connectivity index (χ2v) is 8.99. The largest absolute Gasteiger partial charge is 0.369 e. The van der Waals surface area contributed by atoms with Gasteiger partial charge in [0.2, 0.25) is 11.8 Å². The molecule has 1 aliphatic heterocycles. The van der Waals surface area contributed by atoms with Crippen LogP contribution in [0.5, 0.6) is 0 Å². The highest BCUT2D eigenvalue weighted by atomic mass is 16.2. The molecule has 0 bridgehead atoms. The van der Waals surface area contributed by atoms with Gasteiger partial charge in [-0.2, -0.15) is 0 Å². The second kappa shape index (κ2) is 8.99. The van der Waals surface area contributed by atoms with Gasteiger partial charge in [0.05, 0.1) is 5.41 Å². The Kier molecular flexibility index (Phi) is 6.16.